The highest BCUT2D eigenvalue weighted by molar-refractivity contribution is 9.09. The lowest BCUT2D eigenvalue weighted by Gasteiger charge is -2.09. The third kappa shape index (κ3) is 2.91. The van der Waals surface area contributed by atoms with Crippen molar-refractivity contribution in [2.24, 2.45) is 0 Å². The van der Waals surface area contributed by atoms with Crippen LogP contribution in [0.4, 0.5) is 8.78 Å². The Hall–Kier alpha value is -1.17. The molecule has 0 bridgehead atoms. The van der Waals surface area contributed by atoms with Crippen molar-refractivity contribution >= 4 is 21.9 Å². The summed E-state index contributed by atoms with van der Waals surface area (Å²) in [6.07, 6.45) is -2.76. The topological polar surface area (TPSA) is 35.5 Å². The Morgan fingerprint density at radius 1 is 1.50 bits per heavy atom. The zero-order chi connectivity index (χ0) is 12.1. The zero-order valence-electron chi connectivity index (χ0n) is 8.38. The Balaban J connectivity index is 3.14. The van der Waals surface area contributed by atoms with Crippen LogP contribution in [0.5, 0.6) is 5.75 Å². The number of carbonyl (C=O) groups excluding carboxylic acids is 1. The van der Waals surface area contributed by atoms with Gasteiger partial charge in [-0.15, -0.1) is 0 Å². The van der Waals surface area contributed by atoms with E-state index in [4.69, 9.17) is 4.74 Å². The number of esters is 1. The van der Waals surface area contributed by atoms with E-state index in [1.54, 1.807) is 0 Å². The van der Waals surface area contributed by atoms with Crippen LogP contribution in [-0.2, 0) is 4.74 Å². The van der Waals surface area contributed by atoms with E-state index in [0.29, 0.717) is 0 Å². The number of hydrogen-bond donors (Lipinski definition) is 0. The number of benzene rings is 1. The summed E-state index contributed by atoms with van der Waals surface area (Å²) in [5, 5.41) is 0. The van der Waals surface area contributed by atoms with Gasteiger partial charge >= 0.3 is 5.97 Å². The van der Waals surface area contributed by atoms with E-state index in [2.05, 4.69) is 20.7 Å². The van der Waals surface area contributed by atoms with Crippen molar-refractivity contribution in [2.45, 2.75) is 6.43 Å². The van der Waals surface area contributed by atoms with E-state index in [1.807, 2.05) is 0 Å². The fraction of sp³-hybridized carbons (Fsp3) is 0.300. The normalized spacial score (nSPS) is 10.3. The van der Waals surface area contributed by atoms with E-state index >= 15 is 0 Å². The van der Waals surface area contributed by atoms with Crippen LogP contribution in [0.2, 0.25) is 0 Å². The second-order valence-corrected chi connectivity index (χ2v) is 3.25. The molecular weight excluding hydrogens is 286 g/mol. The molecule has 0 aliphatic heterocycles. The fourth-order valence-electron chi connectivity index (χ4n) is 1.17. The van der Waals surface area contributed by atoms with Gasteiger partial charge in [-0.2, -0.15) is 0 Å². The Morgan fingerprint density at radius 3 is 2.69 bits per heavy atom. The maximum atomic E-state index is 12.7. The van der Waals surface area contributed by atoms with Crippen molar-refractivity contribution in [3.63, 3.8) is 0 Å². The van der Waals surface area contributed by atoms with Crippen LogP contribution in [-0.4, -0.2) is 18.6 Å². The SMILES string of the molecule is COC(=O)c1ccc(OCBr)cc1C(F)F. The van der Waals surface area contributed by atoms with Gasteiger partial charge in [0.1, 0.15) is 11.3 Å². The first-order valence-corrected chi connectivity index (χ1v) is 5.41. The van der Waals surface area contributed by atoms with E-state index in [1.165, 1.54) is 12.1 Å². The van der Waals surface area contributed by atoms with Crippen LogP contribution < -0.4 is 4.74 Å². The molecule has 0 heterocycles. The predicted octanol–water partition coefficient (Wildman–Crippen LogP) is 3.14. The predicted molar refractivity (Wildman–Crippen MR) is 57.2 cm³/mol. The summed E-state index contributed by atoms with van der Waals surface area (Å²) in [6.45, 7) is 0. The van der Waals surface area contributed by atoms with Crippen molar-refractivity contribution < 1.29 is 23.0 Å². The highest BCUT2D eigenvalue weighted by Crippen LogP contribution is 2.27. The molecule has 16 heavy (non-hydrogen) atoms. The molecule has 0 saturated carbocycles. The minimum atomic E-state index is -2.76. The van der Waals surface area contributed by atoms with Crippen molar-refractivity contribution in [3.05, 3.63) is 29.3 Å². The first-order valence-electron chi connectivity index (χ1n) is 4.29. The lowest BCUT2D eigenvalue weighted by Crippen LogP contribution is -2.06. The summed E-state index contributed by atoms with van der Waals surface area (Å²) in [5.74, 6) is -0.527. The molecule has 0 atom stereocenters. The molecule has 1 aromatic rings. The van der Waals surface area contributed by atoms with Crippen LogP contribution in [0.25, 0.3) is 0 Å². The molecule has 3 nitrogen and oxygen atoms in total. The van der Waals surface area contributed by atoms with Crippen molar-refractivity contribution in [1.29, 1.82) is 0 Å². The van der Waals surface area contributed by atoms with E-state index < -0.39 is 18.0 Å². The van der Waals surface area contributed by atoms with Gasteiger partial charge in [0.2, 0.25) is 0 Å². The monoisotopic (exact) mass is 294 g/mol. The van der Waals surface area contributed by atoms with Gasteiger partial charge in [-0.3, -0.25) is 0 Å². The van der Waals surface area contributed by atoms with Gasteiger partial charge in [0.05, 0.1) is 12.7 Å². The van der Waals surface area contributed by atoms with Crippen LogP contribution in [0.15, 0.2) is 18.2 Å². The van der Waals surface area contributed by atoms with E-state index in [-0.39, 0.29) is 16.8 Å². The molecule has 0 aliphatic carbocycles. The Morgan fingerprint density at radius 2 is 2.19 bits per heavy atom. The quantitative estimate of drug-likeness (QED) is 0.632. The Bertz CT molecular complexity index is 382. The second-order valence-electron chi connectivity index (χ2n) is 2.79. The smallest absolute Gasteiger partial charge is 0.338 e. The summed E-state index contributed by atoms with van der Waals surface area (Å²) in [6, 6.07) is 3.81. The van der Waals surface area contributed by atoms with E-state index in [0.717, 1.165) is 13.2 Å². The van der Waals surface area contributed by atoms with Gasteiger partial charge in [0.15, 0.2) is 0 Å². The lowest BCUT2D eigenvalue weighted by atomic mass is 10.1. The first-order chi connectivity index (χ1) is 7.60. The summed E-state index contributed by atoms with van der Waals surface area (Å²) >= 11 is 3.01. The standard InChI is InChI=1S/C10H9BrF2O3/c1-15-10(14)7-3-2-6(16-5-11)4-8(7)9(12)13/h2-4,9H,5H2,1H3. The molecule has 0 fully saturated rings. The number of ether oxygens (including phenoxy) is 2. The van der Waals surface area contributed by atoms with Gasteiger partial charge in [0, 0.05) is 5.56 Å². The average molecular weight is 295 g/mol. The summed E-state index contributed by atoms with van der Waals surface area (Å²) in [5.41, 5.74) is -0.363. The van der Waals surface area contributed by atoms with Crippen molar-refractivity contribution in [2.75, 3.05) is 12.6 Å². The summed E-state index contributed by atoms with van der Waals surface area (Å²) in [7, 11) is 1.14. The molecule has 0 radical (unpaired) electrons. The maximum Gasteiger partial charge on any atom is 0.338 e. The molecule has 1 aromatic carbocycles. The molecule has 0 amide bonds. The molecule has 6 heteroatoms. The first kappa shape index (κ1) is 12.9. The number of halogens is 3. The van der Waals surface area contributed by atoms with Gasteiger partial charge in [-0.05, 0) is 34.1 Å². The number of methoxy groups -OCH3 is 1. The fourth-order valence-corrected chi connectivity index (χ4v) is 1.43. The third-order valence-corrected chi connectivity index (χ3v) is 2.11. The number of rotatable bonds is 4. The molecule has 88 valence electrons. The lowest BCUT2D eigenvalue weighted by molar-refractivity contribution is 0.0589. The van der Waals surface area contributed by atoms with Gasteiger partial charge in [-0.25, -0.2) is 13.6 Å². The average Bonchev–Trinajstić information content (AvgIpc) is 2.28. The van der Waals surface area contributed by atoms with E-state index in [9.17, 15) is 13.6 Å². The highest BCUT2D eigenvalue weighted by atomic mass is 79.9. The molecule has 0 aromatic heterocycles. The van der Waals surface area contributed by atoms with Gasteiger partial charge in [-0.1, -0.05) is 0 Å². The maximum absolute atomic E-state index is 12.7. The number of carbonyl (C=O) groups is 1. The molecule has 0 N–H and O–H groups in total. The van der Waals surface area contributed by atoms with Crippen molar-refractivity contribution in [1.82, 2.24) is 0 Å². The summed E-state index contributed by atoms with van der Waals surface area (Å²) in [4.78, 5) is 11.2. The highest BCUT2D eigenvalue weighted by Gasteiger charge is 2.19. The molecule has 1 rings (SSSR count). The molecule has 0 aliphatic rings. The van der Waals surface area contributed by atoms with Gasteiger partial charge in [0.25, 0.3) is 6.43 Å². The van der Waals surface area contributed by atoms with Crippen LogP contribution in [0.1, 0.15) is 22.3 Å². The minimum Gasteiger partial charge on any atom is -0.482 e. The molecule has 0 spiro atoms. The molecule has 0 saturated heterocycles. The minimum absolute atomic E-state index is 0.153. The van der Waals surface area contributed by atoms with Crippen LogP contribution >= 0.6 is 15.9 Å². The number of hydrogen-bond acceptors (Lipinski definition) is 3. The Labute approximate surface area is 99.5 Å². The molecular formula is C10H9BrF2O3. The van der Waals surface area contributed by atoms with Crippen molar-refractivity contribution in [3.8, 4) is 5.75 Å². The number of alkyl halides is 3. The largest absolute Gasteiger partial charge is 0.482 e. The zero-order valence-corrected chi connectivity index (χ0v) is 9.96. The summed E-state index contributed by atoms with van der Waals surface area (Å²) < 4.78 is 34.7. The Kier molecular flexibility index (Phi) is 4.67. The van der Waals surface area contributed by atoms with Crippen LogP contribution in [0, 0.1) is 0 Å². The third-order valence-electron chi connectivity index (χ3n) is 1.88. The van der Waals surface area contributed by atoms with Crippen LogP contribution in [0.3, 0.4) is 0 Å². The second kappa shape index (κ2) is 5.79. The molecule has 0 unspecified atom stereocenters. The van der Waals surface area contributed by atoms with Gasteiger partial charge < -0.3 is 9.47 Å².